The summed E-state index contributed by atoms with van der Waals surface area (Å²) >= 11 is 0. The molecule has 4 rings (SSSR count). The largest absolute Gasteiger partial charge is 0.489 e. The van der Waals surface area contributed by atoms with Gasteiger partial charge in [-0.05, 0) is 42.0 Å². The molecular formula is C23H20F2N4O2. The Morgan fingerprint density at radius 3 is 2.58 bits per heavy atom. The van der Waals surface area contributed by atoms with Gasteiger partial charge in [0.05, 0.1) is 6.61 Å². The summed E-state index contributed by atoms with van der Waals surface area (Å²) in [6.07, 6.45) is 3.35. The molecule has 158 valence electrons. The van der Waals surface area contributed by atoms with Crippen LogP contribution in [0.4, 0.5) is 14.6 Å². The molecule has 0 bridgehead atoms. The van der Waals surface area contributed by atoms with Gasteiger partial charge in [0, 0.05) is 49.1 Å². The van der Waals surface area contributed by atoms with Gasteiger partial charge in [-0.1, -0.05) is 0 Å². The summed E-state index contributed by atoms with van der Waals surface area (Å²) in [6.45, 7) is 0.651. The molecule has 0 saturated heterocycles. The molecule has 1 N–H and O–H groups in total. The van der Waals surface area contributed by atoms with Crippen LogP contribution >= 0.6 is 0 Å². The number of hydrogen-bond acceptors (Lipinski definition) is 6. The number of fused-ring (bicyclic) bond motifs is 1. The lowest BCUT2D eigenvalue weighted by atomic mass is 10.0. The van der Waals surface area contributed by atoms with Crippen LogP contribution in [0.2, 0.25) is 0 Å². The first kappa shape index (κ1) is 20.6. The van der Waals surface area contributed by atoms with Crippen LogP contribution in [0.3, 0.4) is 0 Å². The van der Waals surface area contributed by atoms with Gasteiger partial charge in [0.2, 0.25) is 0 Å². The lowest BCUT2D eigenvalue weighted by Gasteiger charge is -2.15. The quantitative estimate of drug-likeness (QED) is 0.435. The number of benzene rings is 2. The van der Waals surface area contributed by atoms with Crippen LogP contribution in [0.5, 0.6) is 5.75 Å². The molecule has 0 fully saturated rings. The van der Waals surface area contributed by atoms with Crippen LogP contribution in [0, 0.1) is 11.6 Å². The number of nitrogens with one attached hydrogen (secondary N) is 1. The zero-order valence-electron chi connectivity index (χ0n) is 17.0. The predicted octanol–water partition coefficient (Wildman–Crippen LogP) is 4.70. The van der Waals surface area contributed by atoms with Crippen molar-refractivity contribution in [2.45, 2.75) is 0 Å². The van der Waals surface area contributed by atoms with Crippen molar-refractivity contribution in [1.82, 2.24) is 15.0 Å². The summed E-state index contributed by atoms with van der Waals surface area (Å²) < 4.78 is 38.9. The summed E-state index contributed by atoms with van der Waals surface area (Å²) in [5.74, 6) is 0.157. The smallest absolute Gasteiger partial charge is 0.163 e. The molecule has 31 heavy (non-hydrogen) atoms. The molecule has 0 unspecified atom stereocenters. The summed E-state index contributed by atoms with van der Waals surface area (Å²) in [4.78, 5) is 13.4. The van der Waals surface area contributed by atoms with E-state index in [2.05, 4.69) is 15.3 Å². The number of rotatable bonds is 7. The summed E-state index contributed by atoms with van der Waals surface area (Å²) in [5.41, 5.74) is 2.07. The number of anilines is 1. The van der Waals surface area contributed by atoms with Gasteiger partial charge in [-0.2, -0.15) is 0 Å². The van der Waals surface area contributed by atoms with Crippen LogP contribution in [-0.2, 0) is 4.74 Å². The number of ether oxygens (including phenoxy) is 2. The van der Waals surface area contributed by atoms with Crippen molar-refractivity contribution in [3.8, 4) is 28.3 Å². The molecule has 0 amide bonds. The van der Waals surface area contributed by atoms with Gasteiger partial charge in [-0.3, -0.25) is 4.98 Å². The Bertz CT molecular complexity index is 1220. The first-order valence-corrected chi connectivity index (χ1v) is 9.62. The highest BCUT2D eigenvalue weighted by Gasteiger charge is 2.17. The lowest BCUT2D eigenvalue weighted by Crippen LogP contribution is -2.06. The average molecular weight is 422 g/mol. The summed E-state index contributed by atoms with van der Waals surface area (Å²) in [5, 5.41) is 3.71. The minimum atomic E-state index is -0.666. The molecule has 0 aliphatic rings. The highest BCUT2D eigenvalue weighted by atomic mass is 19.1. The first-order chi connectivity index (χ1) is 15.1. The fraction of sp³-hybridized carbons (Fsp3) is 0.174. The van der Waals surface area contributed by atoms with E-state index < -0.39 is 11.6 Å². The Balaban J connectivity index is 1.94. The van der Waals surface area contributed by atoms with E-state index in [9.17, 15) is 8.78 Å². The Kier molecular flexibility index (Phi) is 5.99. The number of aromatic nitrogens is 3. The molecule has 0 spiro atoms. The first-order valence-electron chi connectivity index (χ1n) is 9.62. The van der Waals surface area contributed by atoms with Crippen molar-refractivity contribution in [3.63, 3.8) is 0 Å². The average Bonchev–Trinajstić information content (AvgIpc) is 2.79. The van der Waals surface area contributed by atoms with Crippen molar-refractivity contribution >= 4 is 16.7 Å². The van der Waals surface area contributed by atoms with E-state index in [1.165, 1.54) is 12.1 Å². The zero-order chi connectivity index (χ0) is 21.8. The molecule has 6 nitrogen and oxygen atoms in total. The Morgan fingerprint density at radius 1 is 1.00 bits per heavy atom. The molecule has 0 aliphatic carbocycles. The van der Waals surface area contributed by atoms with Gasteiger partial charge in [0.1, 0.15) is 35.3 Å². The number of methoxy groups -OCH3 is 1. The Labute approximate surface area is 177 Å². The third-order valence-electron chi connectivity index (χ3n) is 4.71. The third-order valence-corrected chi connectivity index (χ3v) is 4.71. The van der Waals surface area contributed by atoms with E-state index in [0.29, 0.717) is 40.5 Å². The standard InChI is InChI=1S/C23H20F2N4O2/c1-26-23-18-10-15(17-6-5-16(24)12-19(17)25)11-20(31-9-8-30-2)21(18)28-22(29-23)14-4-3-7-27-13-14/h3-7,10-13H,8-9H2,1-2H3,(H,26,28,29). The predicted molar refractivity (Wildman–Crippen MR) is 115 cm³/mol. The zero-order valence-corrected chi connectivity index (χ0v) is 17.0. The van der Waals surface area contributed by atoms with E-state index in [0.717, 1.165) is 11.6 Å². The maximum atomic E-state index is 14.5. The molecule has 8 heteroatoms. The fourth-order valence-corrected chi connectivity index (χ4v) is 3.24. The van der Waals surface area contributed by atoms with Crippen molar-refractivity contribution in [1.29, 1.82) is 0 Å². The monoisotopic (exact) mass is 422 g/mol. The molecule has 0 saturated carbocycles. The molecule has 2 heterocycles. The molecule has 0 aliphatic heterocycles. The SMILES string of the molecule is CNc1nc(-c2cccnc2)nc2c(OCCOC)cc(-c3ccc(F)cc3F)cc12. The van der Waals surface area contributed by atoms with E-state index in [1.807, 2.05) is 6.07 Å². The van der Waals surface area contributed by atoms with Gasteiger partial charge in [-0.15, -0.1) is 0 Å². The number of halogens is 2. The lowest BCUT2D eigenvalue weighted by molar-refractivity contribution is 0.147. The Hall–Kier alpha value is -3.65. The fourth-order valence-electron chi connectivity index (χ4n) is 3.24. The number of pyridine rings is 1. The third kappa shape index (κ3) is 4.29. The molecule has 4 aromatic rings. The van der Waals surface area contributed by atoms with Crippen molar-refractivity contribution in [3.05, 3.63) is 66.5 Å². The maximum absolute atomic E-state index is 14.5. The molecule has 2 aromatic heterocycles. The van der Waals surface area contributed by atoms with Crippen molar-refractivity contribution in [2.24, 2.45) is 0 Å². The van der Waals surface area contributed by atoms with E-state index in [1.54, 1.807) is 44.8 Å². The van der Waals surface area contributed by atoms with Crippen LogP contribution in [-0.4, -0.2) is 42.3 Å². The van der Waals surface area contributed by atoms with Crippen molar-refractivity contribution < 1.29 is 18.3 Å². The normalized spacial score (nSPS) is 11.0. The van der Waals surface area contributed by atoms with E-state index in [4.69, 9.17) is 14.5 Å². The second-order valence-corrected chi connectivity index (χ2v) is 6.72. The van der Waals surface area contributed by atoms with Gasteiger partial charge in [-0.25, -0.2) is 18.7 Å². The van der Waals surface area contributed by atoms with E-state index in [-0.39, 0.29) is 12.2 Å². The molecule has 2 aromatic carbocycles. The molecule has 0 radical (unpaired) electrons. The van der Waals surface area contributed by atoms with Gasteiger partial charge in [0.15, 0.2) is 5.82 Å². The van der Waals surface area contributed by atoms with Gasteiger partial charge < -0.3 is 14.8 Å². The van der Waals surface area contributed by atoms with E-state index >= 15 is 0 Å². The maximum Gasteiger partial charge on any atom is 0.163 e. The minimum Gasteiger partial charge on any atom is -0.489 e. The Morgan fingerprint density at radius 2 is 1.87 bits per heavy atom. The van der Waals surface area contributed by atoms with Gasteiger partial charge >= 0.3 is 0 Å². The van der Waals surface area contributed by atoms with Gasteiger partial charge in [0.25, 0.3) is 0 Å². The second-order valence-electron chi connectivity index (χ2n) is 6.72. The summed E-state index contributed by atoms with van der Waals surface area (Å²) in [7, 11) is 3.32. The molecule has 0 atom stereocenters. The number of nitrogens with zero attached hydrogens (tertiary/aromatic N) is 3. The topological polar surface area (TPSA) is 69.2 Å². The molecular weight excluding hydrogens is 402 g/mol. The highest BCUT2D eigenvalue weighted by Crippen LogP contribution is 2.36. The highest BCUT2D eigenvalue weighted by molar-refractivity contribution is 5.97. The number of hydrogen-bond donors (Lipinski definition) is 1. The summed E-state index contributed by atoms with van der Waals surface area (Å²) in [6, 6.07) is 10.6. The van der Waals surface area contributed by atoms with Crippen LogP contribution < -0.4 is 10.1 Å². The van der Waals surface area contributed by atoms with Crippen LogP contribution in [0.15, 0.2) is 54.9 Å². The van der Waals surface area contributed by atoms with Crippen LogP contribution in [0.1, 0.15) is 0 Å². The second kappa shape index (κ2) is 9.01. The minimum absolute atomic E-state index is 0.248. The van der Waals surface area contributed by atoms with Crippen LogP contribution in [0.25, 0.3) is 33.4 Å². The van der Waals surface area contributed by atoms with Crippen molar-refractivity contribution in [2.75, 3.05) is 32.7 Å².